The van der Waals surface area contributed by atoms with Crippen LogP contribution in [-0.4, -0.2) is 21.0 Å². The molecule has 0 aliphatic heterocycles. The van der Waals surface area contributed by atoms with Crippen molar-refractivity contribution in [2.24, 2.45) is 0 Å². The van der Waals surface area contributed by atoms with Gasteiger partial charge in [-0.2, -0.15) is 0 Å². The summed E-state index contributed by atoms with van der Waals surface area (Å²) < 4.78 is 64.2. The van der Waals surface area contributed by atoms with E-state index >= 15 is 0 Å². The minimum absolute atomic E-state index is 0.0550. The molecule has 0 atom stereocenters. The molecule has 0 bridgehead atoms. The number of sulfone groups is 1. The molecular formula is C16H11F3O3S. The molecule has 3 nitrogen and oxygen atoms in total. The molecule has 0 heterocycles. The third-order valence-electron chi connectivity index (χ3n) is 2.90. The quantitative estimate of drug-likeness (QED) is 0.801. The molecule has 0 radical (unpaired) electrons. The lowest BCUT2D eigenvalue weighted by Gasteiger charge is -2.12. The van der Waals surface area contributed by atoms with Crippen LogP contribution in [-0.2, 0) is 9.84 Å². The SMILES string of the molecule is C#Cc1cc(OC(F)(F)F)cc(-c2cccc(S(C)(=O)=O)c2)c1. The van der Waals surface area contributed by atoms with Gasteiger partial charge in [0.05, 0.1) is 4.90 Å². The Morgan fingerprint density at radius 1 is 1.09 bits per heavy atom. The summed E-state index contributed by atoms with van der Waals surface area (Å²) in [6, 6.07) is 9.54. The van der Waals surface area contributed by atoms with Crippen LogP contribution in [0.5, 0.6) is 5.75 Å². The van der Waals surface area contributed by atoms with Gasteiger partial charge in [-0.1, -0.05) is 18.1 Å². The van der Waals surface area contributed by atoms with Gasteiger partial charge in [0.1, 0.15) is 5.75 Å². The molecule has 2 aromatic carbocycles. The second-order valence-corrected chi connectivity index (χ2v) is 6.75. The first-order valence-electron chi connectivity index (χ1n) is 6.26. The summed E-state index contributed by atoms with van der Waals surface area (Å²) in [5.41, 5.74) is 0.925. The molecule has 0 N–H and O–H groups in total. The van der Waals surface area contributed by atoms with Crippen molar-refractivity contribution in [3.8, 4) is 29.2 Å². The summed E-state index contributed by atoms with van der Waals surface area (Å²) in [4.78, 5) is 0.0550. The van der Waals surface area contributed by atoms with Gasteiger partial charge in [0, 0.05) is 11.8 Å². The largest absolute Gasteiger partial charge is 0.573 e. The summed E-state index contributed by atoms with van der Waals surface area (Å²) in [5.74, 6) is 1.78. The van der Waals surface area contributed by atoms with Crippen LogP contribution in [0.1, 0.15) is 5.56 Å². The van der Waals surface area contributed by atoms with Gasteiger partial charge in [-0.25, -0.2) is 8.42 Å². The van der Waals surface area contributed by atoms with E-state index in [9.17, 15) is 21.6 Å². The molecule has 0 amide bonds. The highest BCUT2D eigenvalue weighted by molar-refractivity contribution is 7.90. The van der Waals surface area contributed by atoms with Crippen molar-refractivity contribution in [2.45, 2.75) is 11.3 Å². The molecule has 0 fully saturated rings. The maximum Gasteiger partial charge on any atom is 0.573 e. The number of alkyl halides is 3. The molecular weight excluding hydrogens is 329 g/mol. The van der Waals surface area contributed by atoms with Crippen molar-refractivity contribution in [3.63, 3.8) is 0 Å². The standard InChI is InChI=1S/C16H11F3O3S/c1-3-11-7-13(9-14(8-11)22-16(17,18)19)12-5-4-6-15(10-12)23(2,20)21/h1,4-10H,2H3. The van der Waals surface area contributed by atoms with Crippen molar-refractivity contribution in [1.29, 1.82) is 0 Å². The number of benzene rings is 2. The number of hydrogen-bond acceptors (Lipinski definition) is 3. The van der Waals surface area contributed by atoms with Crippen molar-refractivity contribution < 1.29 is 26.3 Å². The molecule has 2 rings (SSSR count). The first kappa shape index (κ1) is 16.9. The van der Waals surface area contributed by atoms with Crippen LogP contribution in [0.25, 0.3) is 11.1 Å². The Bertz CT molecular complexity index is 878. The van der Waals surface area contributed by atoms with E-state index < -0.39 is 21.9 Å². The van der Waals surface area contributed by atoms with Crippen LogP contribution >= 0.6 is 0 Å². The lowest BCUT2D eigenvalue weighted by molar-refractivity contribution is -0.274. The van der Waals surface area contributed by atoms with E-state index in [1.165, 1.54) is 24.3 Å². The number of halogens is 3. The topological polar surface area (TPSA) is 43.4 Å². The minimum Gasteiger partial charge on any atom is -0.406 e. The third-order valence-corrected chi connectivity index (χ3v) is 4.01. The van der Waals surface area contributed by atoms with E-state index in [4.69, 9.17) is 6.42 Å². The van der Waals surface area contributed by atoms with Gasteiger partial charge in [-0.3, -0.25) is 0 Å². The van der Waals surface area contributed by atoms with Crippen LogP contribution in [0.3, 0.4) is 0 Å². The van der Waals surface area contributed by atoms with Crippen molar-refractivity contribution in [2.75, 3.05) is 6.26 Å². The van der Waals surface area contributed by atoms with Gasteiger partial charge in [-0.15, -0.1) is 19.6 Å². The maximum atomic E-state index is 12.4. The molecule has 23 heavy (non-hydrogen) atoms. The van der Waals surface area contributed by atoms with Gasteiger partial charge in [0.15, 0.2) is 9.84 Å². The molecule has 7 heteroatoms. The molecule has 0 aromatic heterocycles. The van der Waals surface area contributed by atoms with E-state index in [0.717, 1.165) is 18.4 Å². The lowest BCUT2D eigenvalue weighted by atomic mass is 10.0. The molecule has 0 aliphatic carbocycles. The number of rotatable bonds is 3. The second-order valence-electron chi connectivity index (χ2n) is 4.74. The van der Waals surface area contributed by atoms with Gasteiger partial charge < -0.3 is 4.74 Å². The van der Waals surface area contributed by atoms with Gasteiger partial charge in [-0.05, 0) is 41.5 Å². The third kappa shape index (κ3) is 4.50. The number of terminal acetylenes is 1. The Morgan fingerprint density at radius 2 is 1.78 bits per heavy atom. The normalized spacial score (nSPS) is 11.8. The zero-order chi connectivity index (χ0) is 17.3. The Labute approximate surface area is 131 Å². The van der Waals surface area contributed by atoms with Crippen LogP contribution in [0.4, 0.5) is 13.2 Å². The zero-order valence-corrected chi connectivity index (χ0v) is 12.7. The fourth-order valence-corrected chi connectivity index (χ4v) is 2.61. The van der Waals surface area contributed by atoms with Crippen LogP contribution < -0.4 is 4.74 Å². The Balaban J connectivity index is 2.56. The first-order valence-corrected chi connectivity index (χ1v) is 8.15. The molecule has 0 saturated carbocycles. The Kier molecular flexibility index (Phi) is 4.39. The molecule has 0 saturated heterocycles. The fraction of sp³-hybridized carbons (Fsp3) is 0.125. The summed E-state index contributed by atoms with van der Waals surface area (Å²) in [6.07, 6.45) is 1.44. The molecule has 2 aromatic rings. The van der Waals surface area contributed by atoms with E-state index in [2.05, 4.69) is 10.7 Å². The Morgan fingerprint density at radius 3 is 2.35 bits per heavy atom. The highest BCUT2D eigenvalue weighted by atomic mass is 32.2. The van der Waals surface area contributed by atoms with E-state index in [1.54, 1.807) is 6.07 Å². The number of hydrogen-bond donors (Lipinski definition) is 0. The van der Waals surface area contributed by atoms with Crippen LogP contribution in [0.2, 0.25) is 0 Å². The average molecular weight is 340 g/mol. The maximum absolute atomic E-state index is 12.4. The predicted octanol–water partition coefficient (Wildman–Crippen LogP) is 3.64. The van der Waals surface area contributed by atoms with Crippen LogP contribution in [0, 0.1) is 12.3 Å². The summed E-state index contributed by atoms with van der Waals surface area (Å²) in [6.45, 7) is 0. The smallest absolute Gasteiger partial charge is 0.406 e. The van der Waals surface area contributed by atoms with Crippen molar-refractivity contribution in [3.05, 3.63) is 48.0 Å². The van der Waals surface area contributed by atoms with Gasteiger partial charge >= 0.3 is 6.36 Å². The minimum atomic E-state index is -4.85. The highest BCUT2D eigenvalue weighted by Gasteiger charge is 2.31. The zero-order valence-electron chi connectivity index (χ0n) is 11.9. The Hall–Kier alpha value is -2.46. The monoisotopic (exact) mass is 340 g/mol. The summed E-state index contributed by atoms with van der Waals surface area (Å²) >= 11 is 0. The summed E-state index contributed by atoms with van der Waals surface area (Å²) in [7, 11) is -3.44. The van der Waals surface area contributed by atoms with E-state index in [-0.39, 0.29) is 10.5 Å². The van der Waals surface area contributed by atoms with E-state index in [0.29, 0.717) is 11.1 Å². The predicted molar refractivity (Wildman–Crippen MR) is 79.6 cm³/mol. The average Bonchev–Trinajstić information content (AvgIpc) is 2.44. The first-order chi connectivity index (χ1) is 10.6. The lowest BCUT2D eigenvalue weighted by Crippen LogP contribution is -2.17. The fourth-order valence-electron chi connectivity index (χ4n) is 1.95. The highest BCUT2D eigenvalue weighted by Crippen LogP contribution is 2.30. The van der Waals surface area contributed by atoms with Gasteiger partial charge in [0.25, 0.3) is 0 Å². The van der Waals surface area contributed by atoms with E-state index in [1.807, 2.05) is 0 Å². The molecule has 0 aliphatic rings. The second kappa shape index (κ2) is 5.97. The molecule has 0 unspecified atom stereocenters. The summed E-state index contributed by atoms with van der Waals surface area (Å²) in [5, 5.41) is 0. The molecule has 0 spiro atoms. The molecule has 120 valence electrons. The number of ether oxygens (including phenoxy) is 1. The van der Waals surface area contributed by atoms with Crippen molar-refractivity contribution in [1.82, 2.24) is 0 Å². The van der Waals surface area contributed by atoms with Crippen LogP contribution in [0.15, 0.2) is 47.4 Å². The van der Waals surface area contributed by atoms with Crippen molar-refractivity contribution >= 4 is 9.84 Å². The van der Waals surface area contributed by atoms with Gasteiger partial charge in [0.2, 0.25) is 0 Å².